The van der Waals surface area contributed by atoms with Gasteiger partial charge in [-0.3, -0.25) is 4.79 Å². The molecule has 1 atom stereocenters. The lowest BCUT2D eigenvalue weighted by molar-refractivity contribution is -0.129. The van der Waals surface area contributed by atoms with Gasteiger partial charge in [0.2, 0.25) is 5.91 Å². The summed E-state index contributed by atoms with van der Waals surface area (Å²) in [6.45, 7) is 14.8. The van der Waals surface area contributed by atoms with Gasteiger partial charge in [0.15, 0.2) is 0 Å². The summed E-state index contributed by atoms with van der Waals surface area (Å²) in [5.41, 5.74) is -0.0973. The third-order valence-corrected chi connectivity index (χ3v) is 3.57. The van der Waals surface area contributed by atoms with Crippen LogP contribution in [-0.2, 0) is 4.79 Å². The molecule has 0 radical (unpaired) electrons. The Morgan fingerprint density at radius 1 is 1.17 bits per heavy atom. The molecule has 3 heteroatoms. The molecule has 1 amide bonds. The van der Waals surface area contributed by atoms with Gasteiger partial charge in [-0.05, 0) is 47.0 Å². The monoisotopic (exact) mass is 254 g/mol. The van der Waals surface area contributed by atoms with Gasteiger partial charge in [-0.2, -0.15) is 0 Å². The van der Waals surface area contributed by atoms with Crippen molar-refractivity contribution in [2.45, 2.75) is 84.8 Å². The van der Waals surface area contributed by atoms with Crippen molar-refractivity contribution in [2.75, 3.05) is 0 Å². The van der Waals surface area contributed by atoms with E-state index in [1.165, 1.54) is 0 Å². The van der Waals surface area contributed by atoms with Crippen molar-refractivity contribution in [1.29, 1.82) is 0 Å². The van der Waals surface area contributed by atoms with Crippen molar-refractivity contribution in [3.8, 4) is 0 Å². The topological polar surface area (TPSA) is 41.1 Å². The summed E-state index contributed by atoms with van der Waals surface area (Å²) in [5, 5.41) is 6.90. The third kappa shape index (κ3) is 4.60. The van der Waals surface area contributed by atoms with E-state index in [-0.39, 0.29) is 28.4 Å². The molecule has 1 rings (SSSR count). The van der Waals surface area contributed by atoms with Crippen LogP contribution in [0.3, 0.4) is 0 Å². The van der Waals surface area contributed by atoms with Gasteiger partial charge in [-0.15, -0.1) is 0 Å². The number of nitrogens with one attached hydrogen (secondary N) is 2. The van der Waals surface area contributed by atoms with Gasteiger partial charge in [-0.1, -0.05) is 20.8 Å². The van der Waals surface area contributed by atoms with Crippen LogP contribution in [0, 0.1) is 5.41 Å². The number of hydrogen-bond donors (Lipinski definition) is 2. The molecule has 0 bridgehead atoms. The first-order valence-electron chi connectivity index (χ1n) is 7.02. The highest BCUT2D eigenvalue weighted by Gasteiger charge is 2.35. The Balaban J connectivity index is 2.71. The zero-order chi connectivity index (χ0) is 14.2. The molecule has 0 spiro atoms. The molecule has 1 fully saturated rings. The molecule has 0 aromatic heterocycles. The van der Waals surface area contributed by atoms with E-state index in [9.17, 15) is 4.79 Å². The zero-order valence-electron chi connectivity index (χ0n) is 13.1. The molecular weight excluding hydrogens is 224 g/mol. The normalized spacial score (nSPS) is 27.4. The highest BCUT2D eigenvalue weighted by Crippen LogP contribution is 2.27. The zero-order valence-corrected chi connectivity index (χ0v) is 13.1. The molecule has 0 aliphatic carbocycles. The summed E-state index contributed by atoms with van der Waals surface area (Å²) < 4.78 is 0. The van der Waals surface area contributed by atoms with Crippen LogP contribution < -0.4 is 10.6 Å². The van der Waals surface area contributed by atoms with Crippen molar-refractivity contribution in [1.82, 2.24) is 10.6 Å². The molecule has 1 saturated heterocycles. The molecule has 2 N–H and O–H groups in total. The maximum absolute atomic E-state index is 12.1. The number of carbonyl (C=O) groups is 1. The maximum atomic E-state index is 12.1. The number of rotatable bonds is 1. The molecule has 106 valence electrons. The SMILES string of the molecule is CC1(C)CCC(NC(=O)C(C)(C)C)CC(C)(C)N1. The summed E-state index contributed by atoms with van der Waals surface area (Å²) in [4.78, 5) is 12.1. The Bertz CT molecular complexity index is 313. The standard InChI is InChI=1S/C15H30N2O/c1-13(2,3)12(18)16-11-8-9-14(4,5)17-15(6,7)10-11/h11,17H,8-10H2,1-7H3,(H,16,18). The lowest BCUT2D eigenvalue weighted by Crippen LogP contribution is -2.52. The minimum Gasteiger partial charge on any atom is -0.353 e. The van der Waals surface area contributed by atoms with Gasteiger partial charge in [0, 0.05) is 22.5 Å². The molecule has 1 aliphatic heterocycles. The van der Waals surface area contributed by atoms with Crippen LogP contribution in [-0.4, -0.2) is 23.0 Å². The Kier molecular flexibility index (Phi) is 4.16. The quantitative estimate of drug-likeness (QED) is 0.755. The van der Waals surface area contributed by atoms with Crippen molar-refractivity contribution >= 4 is 5.91 Å². The summed E-state index contributed by atoms with van der Waals surface area (Å²) >= 11 is 0. The molecule has 1 aliphatic rings. The number of hydrogen-bond acceptors (Lipinski definition) is 2. The summed E-state index contributed by atoms with van der Waals surface area (Å²) in [6, 6.07) is 0.279. The first kappa shape index (κ1) is 15.5. The van der Waals surface area contributed by atoms with Crippen molar-refractivity contribution < 1.29 is 4.79 Å². The van der Waals surface area contributed by atoms with Crippen molar-refractivity contribution in [2.24, 2.45) is 5.41 Å². The average molecular weight is 254 g/mol. The molecule has 3 nitrogen and oxygen atoms in total. The molecule has 0 saturated carbocycles. The summed E-state index contributed by atoms with van der Waals surface area (Å²) in [5.74, 6) is 0.156. The van der Waals surface area contributed by atoms with Crippen LogP contribution in [0.1, 0.15) is 67.7 Å². The van der Waals surface area contributed by atoms with E-state index in [0.717, 1.165) is 19.3 Å². The van der Waals surface area contributed by atoms with E-state index < -0.39 is 0 Å². The maximum Gasteiger partial charge on any atom is 0.225 e. The van der Waals surface area contributed by atoms with Crippen LogP contribution in [0.2, 0.25) is 0 Å². The molecule has 0 aromatic carbocycles. The average Bonchev–Trinajstić information content (AvgIpc) is 2.19. The van der Waals surface area contributed by atoms with Crippen LogP contribution in [0.4, 0.5) is 0 Å². The van der Waals surface area contributed by atoms with E-state index in [1.54, 1.807) is 0 Å². The minimum absolute atomic E-state index is 0.0653. The lowest BCUT2D eigenvalue weighted by atomic mass is 9.91. The molecule has 18 heavy (non-hydrogen) atoms. The number of carbonyl (C=O) groups excluding carboxylic acids is 1. The van der Waals surface area contributed by atoms with Crippen molar-refractivity contribution in [3.63, 3.8) is 0 Å². The Morgan fingerprint density at radius 2 is 1.72 bits per heavy atom. The fourth-order valence-electron chi connectivity index (χ4n) is 2.81. The van der Waals surface area contributed by atoms with Crippen molar-refractivity contribution in [3.05, 3.63) is 0 Å². The van der Waals surface area contributed by atoms with Crippen LogP contribution in [0.25, 0.3) is 0 Å². The fraction of sp³-hybridized carbons (Fsp3) is 0.933. The molecular formula is C15H30N2O. The largest absolute Gasteiger partial charge is 0.353 e. The second kappa shape index (κ2) is 4.84. The minimum atomic E-state index is -0.306. The lowest BCUT2D eigenvalue weighted by Gasteiger charge is -2.35. The molecule has 0 aromatic rings. The van der Waals surface area contributed by atoms with Gasteiger partial charge in [0.1, 0.15) is 0 Å². The first-order chi connectivity index (χ1) is 7.91. The first-order valence-corrected chi connectivity index (χ1v) is 7.02. The Morgan fingerprint density at radius 3 is 2.22 bits per heavy atom. The van der Waals surface area contributed by atoms with Crippen LogP contribution in [0.5, 0.6) is 0 Å². The predicted molar refractivity (Wildman–Crippen MR) is 76.5 cm³/mol. The Hall–Kier alpha value is -0.570. The smallest absolute Gasteiger partial charge is 0.225 e. The predicted octanol–water partition coefficient (Wildman–Crippen LogP) is 2.85. The third-order valence-electron chi connectivity index (χ3n) is 3.57. The van der Waals surface area contributed by atoms with Gasteiger partial charge >= 0.3 is 0 Å². The van der Waals surface area contributed by atoms with Crippen LogP contribution in [0.15, 0.2) is 0 Å². The second-order valence-corrected chi connectivity index (χ2v) is 8.06. The van der Waals surface area contributed by atoms with E-state index >= 15 is 0 Å². The highest BCUT2D eigenvalue weighted by atomic mass is 16.2. The number of amides is 1. The summed E-state index contributed by atoms with van der Waals surface area (Å²) in [7, 11) is 0. The van der Waals surface area contributed by atoms with E-state index in [2.05, 4.69) is 38.3 Å². The molecule has 1 unspecified atom stereocenters. The van der Waals surface area contributed by atoms with Crippen LogP contribution >= 0.6 is 0 Å². The van der Waals surface area contributed by atoms with E-state index in [1.807, 2.05) is 20.8 Å². The molecule has 1 heterocycles. The Labute approximate surface area is 112 Å². The highest BCUT2D eigenvalue weighted by molar-refractivity contribution is 5.81. The van der Waals surface area contributed by atoms with Gasteiger partial charge < -0.3 is 10.6 Å². The fourth-order valence-corrected chi connectivity index (χ4v) is 2.81. The van der Waals surface area contributed by atoms with Gasteiger partial charge in [0.25, 0.3) is 0 Å². The second-order valence-electron chi connectivity index (χ2n) is 8.06. The van der Waals surface area contributed by atoms with E-state index in [0.29, 0.717) is 0 Å². The van der Waals surface area contributed by atoms with E-state index in [4.69, 9.17) is 0 Å². The summed E-state index contributed by atoms with van der Waals surface area (Å²) in [6.07, 6.45) is 3.12. The van der Waals surface area contributed by atoms with Gasteiger partial charge in [-0.25, -0.2) is 0 Å². The van der Waals surface area contributed by atoms with Gasteiger partial charge in [0.05, 0.1) is 0 Å².